The number of fused-ring (bicyclic) bond motifs is 1. The maximum atomic E-state index is 14.3. The quantitative estimate of drug-likeness (QED) is 0.202. The zero-order chi connectivity index (χ0) is 28.2. The van der Waals surface area contributed by atoms with Gasteiger partial charge < -0.3 is 19.9 Å². The van der Waals surface area contributed by atoms with Gasteiger partial charge in [-0.1, -0.05) is 35.9 Å². The molecule has 0 radical (unpaired) electrons. The van der Waals surface area contributed by atoms with E-state index in [0.717, 1.165) is 58.2 Å². The highest BCUT2D eigenvalue weighted by Gasteiger charge is 2.32. The standard InChI is InChI=1S/C31H36ClN5O2S.2ClH/c1-5-39-26-15-10-20(22-17-34-31(35-18-22)36(3)4)16-21(26)19-37(24-13-11-23(33-2)12-14-24)30(38)29-28(32)25-8-6-7-9-27(25)40-29;;/h6-10,15-18,23-24,33H,5,11-14,19H2,1-4H3;2*1H. The average Bonchev–Trinajstić information content (AvgIpc) is 3.33. The summed E-state index contributed by atoms with van der Waals surface area (Å²) in [6, 6.07) is 14.6. The Bertz CT molecular complexity index is 1470. The third-order valence-electron chi connectivity index (χ3n) is 7.61. The second-order valence-electron chi connectivity index (χ2n) is 10.4. The molecule has 1 aliphatic rings. The van der Waals surface area contributed by atoms with Gasteiger partial charge in [0.2, 0.25) is 5.95 Å². The Balaban J connectivity index is 0.00000242. The van der Waals surface area contributed by atoms with Gasteiger partial charge in [-0.25, -0.2) is 9.97 Å². The topological polar surface area (TPSA) is 70.6 Å². The monoisotopic (exact) mass is 649 g/mol. The molecule has 2 heterocycles. The molecule has 0 saturated heterocycles. The van der Waals surface area contributed by atoms with Gasteiger partial charge in [0, 0.05) is 66.3 Å². The maximum absolute atomic E-state index is 14.3. The molecule has 1 amide bonds. The minimum absolute atomic E-state index is 0. The van der Waals surface area contributed by atoms with Gasteiger partial charge in [0.15, 0.2) is 0 Å². The lowest BCUT2D eigenvalue weighted by molar-refractivity contribution is 0.0604. The lowest BCUT2D eigenvalue weighted by Gasteiger charge is -2.37. The summed E-state index contributed by atoms with van der Waals surface area (Å²) in [5.41, 5.74) is 2.85. The molecule has 1 aliphatic carbocycles. The zero-order valence-electron chi connectivity index (χ0n) is 24.3. The highest BCUT2D eigenvalue weighted by Crippen LogP contribution is 2.38. The Morgan fingerprint density at radius 1 is 1.05 bits per heavy atom. The Morgan fingerprint density at radius 2 is 1.74 bits per heavy atom. The van der Waals surface area contributed by atoms with E-state index in [1.54, 1.807) is 0 Å². The first-order valence-electron chi connectivity index (χ1n) is 13.8. The predicted octanol–water partition coefficient (Wildman–Crippen LogP) is 7.49. The molecule has 2 aromatic heterocycles. The SMILES string of the molecule is CCOc1ccc(-c2cnc(N(C)C)nc2)cc1CN(C(=O)c1sc2ccccc2c1Cl)C1CCC(NC)CC1.Cl.Cl. The Morgan fingerprint density at radius 3 is 2.36 bits per heavy atom. The van der Waals surface area contributed by atoms with E-state index >= 15 is 0 Å². The molecule has 5 rings (SSSR count). The van der Waals surface area contributed by atoms with E-state index in [2.05, 4.69) is 21.4 Å². The molecule has 1 saturated carbocycles. The summed E-state index contributed by atoms with van der Waals surface area (Å²) in [6.07, 6.45) is 7.59. The summed E-state index contributed by atoms with van der Waals surface area (Å²) in [6.45, 7) is 2.94. The Hall–Kier alpha value is -2.62. The molecular weight excluding hydrogens is 613 g/mol. The van der Waals surface area contributed by atoms with Crippen LogP contribution >= 0.6 is 47.8 Å². The molecule has 226 valence electrons. The Labute approximate surface area is 269 Å². The largest absolute Gasteiger partial charge is 0.494 e. The molecule has 0 atom stereocenters. The van der Waals surface area contributed by atoms with Crippen LogP contribution in [0, 0.1) is 0 Å². The summed E-state index contributed by atoms with van der Waals surface area (Å²) in [7, 11) is 5.85. The van der Waals surface area contributed by atoms with Crippen molar-refractivity contribution in [3.05, 3.63) is 70.3 Å². The summed E-state index contributed by atoms with van der Waals surface area (Å²) in [5.74, 6) is 1.41. The summed E-state index contributed by atoms with van der Waals surface area (Å²) >= 11 is 8.29. The molecule has 7 nitrogen and oxygen atoms in total. The van der Waals surface area contributed by atoms with E-state index in [0.29, 0.717) is 35.0 Å². The van der Waals surface area contributed by atoms with Crippen molar-refractivity contribution in [2.24, 2.45) is 0 Å². The van der Waals surface area contributed by atoms with E-state index in [1.165, 1.54) is 11.3 Å². The van der Waals surface area contributed by atoms with Crippen LogP contribution in [-0.2, 0) is 6.54 Å². The molecule has 2 aromatic carbocycles. The molecule has 1 N–H and O–H groups in total. The zero-order valence-corrected chi connectivity index (χ0v) is 27.5. The van der Waals surface area contributed by atoms with Crippen LogP contribution < -0.4 is 15.0 Å². The minimum Gasteiger partial charge on any atom is -0.494 e. The van der Waals surface area contributed by atoms with Crippen LogP contribution in [-0.4, -0.2) is 60.6 Å². The highest BCUT2D eigenvalue weighted by atomic mass is 35.5. The second kappa shape index (κ2) is 15.2. The van der Waals surface area contributed by atoms with Gasteiger partial charge in [-0.2, -0.15) is 0 Å². The first-order chi connectivity index (χ1) is 19.4. The number of halogens is 3. The molecular formula is C31H38Cl3N5O2S. The highest BCUT2D eigenvalue weighted by molar-refractivity contribution is 7.21. The van der Waals surface area contributed by atoms with Crippen LogP contribution in [0.4, 0.5) is 5.95 Å². The van der Waals surface area contributed by atoms with Crippen LogP contribution in [0.2, 0.25) is 5.02 Å². The number of benzene rings is 2. The average molecular weight is 651 g/mol. The van der Waals surface area contributed by atoms with Gasteiger partial charge in [-0.15, -0.1) is 36.2 Å². The number of thiophene rings is 1. The van der Waals surface area contributed by atoms with Crippen molar-refractivity contribution in [2.45, 2.75) is 51.2 Å². The number of ether oxygens (including phenoxy) is 1. The molecule has 11 heteroatoms. The molecule has 4 aromatic rings. The summed E-state index contributed by atoms with van der Waals surface area (Å²) in [5, 5.41) is 4.87. The number of rotatable bonds is 9. The second-order valence-corrected chi connectivity index (χ2v) is 11.8. The lowest BCUT2D eigenvalue weighted by Crippen LogP contribution is -2.44. The van der Waals surface area contributed by atoms with Gasteiger partial charge in [-0.3, -0.25) is 4.79 Å². The number of aromatic nitrogens is 2. The number of carbonyl (C=O) groups is 1. The number of anilines is 1. The van der Waals surface area contributed by atoms with E-state index < -0.39 is 0 Å². The van der Waals surface area contributed by atoms with Crippen molar-refractivity contribution >= 4 is 69.7 Å². The van der Waals surface area contributed by atoms with Crippen molar-refractivity contribution in [3.8, 4) is 16.9 Å². The molecule has 42 heavy (non-hydrogen) atoms. The third kappa shape index (κ3) is 7.29. The fourth-order valence-corrected chi connectivity index (χ4v) is 6.86. The Kier molecular flexibility index (Phi) is 12.3. The number of hydrogen-bond donors (Lipinski definition) is 1. The van der Waals surface area contributed by atoms with Crippen LogP contribution in [0.1, 0.15) is 47.8 Å². The molecule has 1 fully saturated rings. The maximum Gasteiger partial charge on any atom is 0.266 e. The van der Waals surface area contributed by atoms with E-state index in [-0.39, 0.29) is 36.8 Å². The van der Waals surface area contributed by atoms with Crippen molar-refractivity contribution in [1.29, 1.82) is 0 Å². The number of amides is 1. The number of hydrogen-bond acceptors (Lipinski definition) is 7. The smallest absolute Gasteiger partial charge is 0.266 e. The van der Waals surface area contributed by atoms with E-state index in [1.807, 2.05) is 86.7 Å². The fraction of sp³-hybridized carbons (Fsp3) is 0.387. The van der Waals surface area contributed by atoms with Crippen LogP contribution in [0.15, 0.2) is 54.9 Å². The van der Waals surface area contributed by atoms with Crippen LogP contribution in [0.3, 0.4) is 0 Å². The van der Waals surface area contributed by atoms with Crippen molar-refractivity contribution in [1.82, 2.24) is 20.2 Å². The number of nitrogens with zero attached hydrogens (tertiary/aromatic N) is 4. The van der Waals surface area contributed by atoms with Crippen molar-refractivity contribution in [3.63, 3.8) is 0 Å². The first kappa shape index (κ1) is 33.9. The van der Waals surface area contributed by atoms with Crippen molar-refractivity contribution < 1.29 is 9.53 Å². The molecule has 0 spiro atoms. The molecule has 0 bridgehead atoms. The number of nitrogens with one attached hydrogen (secondary N) is 1. The third-order valence-corrected chi connectivity index (χ3v) is 9.27. The van der Waals surface area contributed by atoms with Gasteiger partial charge in [-0.05, 0) is 63.4 Å². The van der Waals surface area contributed by atoms with Gasteiger partial charge >= 0.3 is 0 Å². The van der Waals surface area contributed by atoms with Crippen LogP contribution in [0.5, 0.6) is 5.75 Å². The lowest BCUT2D eigenvalue weighted by atomic mass is 9.89. The normalized spacial score (nSPS) is 16.3. The van der Waals surface area contributed by atoms with Crippen LogP contribution in [0.25, 0.3) is 21.2 Å². The fourth-order valence-electron chi connectivity index (χ4n) is 5.39. The van der Waals surface area contributed by atoms with Gasteiger partial charge in [0.25, 0.3) is 5.91 Å². The van der Waals surface area contributed by atoms with E-state index in [4.69, 9.17) is 16.3 Å². The minimum atomic E-state index is -0.0226. The van der Waals surface area contributed by atoms with Crippen molar-refractivity contribution in [2.75, 3.05) is 32.6 Å². The predicted molar refractivity (Wildman–Crippen MR) is 179 cm³/mol. The van der Waals surface area contributed by atoms with Gasteiger partial charge in [0.05, 0.1) is 11.6 Å². The number of carbonyl (C=O) groups excluding carboxylic acids is 1. The molecule has 0 unspecified atom stereocenters. The summed E-state index contributed by atoms with van der Waals surface area (Å²) in [4.78, 5) is 27.8. The van der Waals surface area contributed by atoms with E-state index in [9.17, 15) is 4.79 Å². The first-order valence-corrected chi connectivity index (χ1v) is 15.0. The summed E-state index contributed by atoms with van der Waals surface area (Å²) < 4.78 is 7.07. The van der Waals surface area contributed by atoms with Gasteiger partial charge in [0.1, 0.15) is 10.6 Å². The molecule has 0 aliphatic heterocycles.